The van der Waals surface area contributed by atoms with Gasteiger partial charge in [0.2, 0.25) is 0 Å². The molecule has 0 aliphatic rings. The zero-order chi connectivity index (χ0) is 20.7. The Hall–Kier alpha value is -3.81. The number of benzene rings is 1. The molecule has 0 saturated heterocycles. The molecule has 1 aromatic carbocycles. The molecule has 0 radical (unpaired) electrons. The molecule has 2 N–H and O–H groups in total. The predicted molar refractivity (Wildman–Crippen MR) is 110 cm³/mol. The molecule has 0 aliphatic carbocycles. The summed E-state index contributed by atoms with van der Waals surface area (Å²) >= 11 is 0. The van der Waals surface area contributed by atoms with Crippen molar-refractivity contribution in [2.45, 2.75) is 20.8 Å². The zero-order valence-corrected chi connectivity index (χ0v) is 16.6. The maximum Gasteiger partial charge on any atom is 0.258 e. The molecular weight excluding hydrogens is 368 g/mol. The number of anilines is 1. The highest BCUT2D eigenvalue weighted by molar-refractivity contribution is 6.11. The normalized spacial score (nSPS) is 11.0. The summed E-state index contributed by atoms with van der Waals surface area (Å²) in [7, 11) is 1.80. The Kier molecular flexibility index (Phi) is 4.46. The van der Waals surface area contributed by atoms with E-state index in [-0.39, 0.29) is 11.7 Å². The van der Waals surface area contributed by atoms with Crippen LogP contribution in [-0.2, 0) is 7.05 Å². The molecule has 1 amide bonds. The van der Waals surface area contributed by atoms with Gasteiger partial charge in [0.05, 0.1) is 16.6 Å². The molecule has 3 aromatic heterocycles. The summed E-state index contributed by atoms with van der Waals surface area (Å²) in [6, 6.07) is 11.3. The number of aromatic nitrogens is 5. The number of rotatable bonds is 4. The van der Waals surface area contributed by atoms with E-state index in [1.54, 1.807) is 31.6 Å². The molecule has 8 nitrogen and oxygen atoms in total. The Bertz CT molecular complexity index is 1250. The van der Waals surface area contributed by atoms with Gasteiger partial charge in [0.15, 0.2) is 11.4 Å². The monoisotopic (exact) mass is 388 g/mol. The molecule has 4 aromatic rings. The second-order valence-electron chi connectivity index (χ2n) is 6.90. The van der Waals surface area contributed by atoms with Crippen LogP contribution in [-0.4, -0.2) is 36.7 Å². The summed E-state index contributed by atoms with van der Waals surface area (Å²) in [5.74, 6) is -0.0566. The molecule has 0 spiro atoms. The topological polar surface area (TPSA) is 106 Å². The summed E-state index contributed by atoms with van der Waals surface area (Å²) in [6.45, 7) is 4.96. The minimum atomic E-state index is -0.370. The van der Waals surface area contributed by atoms with Crippen molar-refractivity contribution in [1.82, 2.24) is 25.0 Å². The highest BCUT2D eigenvalue weighted by atomic mass is 16.1. The summed E-state index contributed by atoms with van der Waals surface area (Å²) in [5.41, 5.74) is 4.19. The second-order valence-corrected chi connectivity index (χ2v) is 6.90. The van der Waals surface area contributed by atoms with Crippen LogP contribution in [0.1, 0.15) is 39.0 Å². The van der Waals surface area contributed by atoms with Crippen molar-refractivity contribution in [2.75, 3.05) is 5.32 Å². The molecular formula is C21H20N6O2. The van der Waals surface area contributed by atoms with Gasteiger partial charge < -0.3 is 5.32 Å². The van der Waals surface area contributed by atoms with Gasteiger partial charge in [-0.15, -0.1) is 0 Å². The number of ketones is 1. The smallest absolute Gasteiger partial charge is 0.258 e. The lowest BCUT2D eigenvalue weighted by Crippen LogP contribution is -2.16. The number of nitrogens with zero attached hydrogens (tertiary/aromatic N) is 4. The number of hydrogen-bond donors (Lipinski definition) is 2. The van der Waals surface area contributed by atoms with Crippen molar-refractivity contribution in [1.29, 1.82) is 0 Å². The third-order valence-electron chi connectivity index (χ3n) is 4.85. The highest BCUT2D eigenvalue weighted by Crippen LogP contribution is 2.31. The molecule has 29 heavy (non-hydrogen) atoms. The fourth-order valence-corrected chi connectivity index (χ4v) is 3.42. The number of nitrogens with one attached hydrogen (secondary N) is 2. The van der Waals surface area contributed by atoms with E-state index in [9.17, 15) is 9.59 Å². The van der Waals surface area contributed by atoms with Crippen LogP contribution in [0.4, 0.5) is 5.82 Å². The lowest BCUT2D eigenvalue weighted by Gasteiger charge is -2.10. The quantitative estimate of drug-likeness (QED) is 0.521. The van der Waals surface area contributed by atoms with E-state index in [0.29, 0.717) is 34.0 Å². The summed E-state index contributed by atoms with van der Waals surface area (Å²) < 4.78 is 1.66. The van der Waals surface area contributed by atoms with Gasteiger partial charge in [0.1, 0.15) is 11.5 Å². The summed E-state index contributed by atoms with van der Waals surface area (Å²) in [6.07, 6.45) is 0. The van der Waals surface area contributed by atoms with Crippen molar-refractivity contribution < 1.29 is 9.59 Å². The SMILES string of the molecule is CC(=O)c1cc(C(=O)Nc2[nH]nc3c2c(-c2ccccc2)nn3C)c(C)nc1C. The molecule has 0 atom stereocenters. The minimum absolute atomic E-state index is 0.133. The summed E-state index contributed by atoms with van der Waals surface area (Å²) in [5, 5.41) is 15.3. The molecule has 0 unspecified atom stereocenters. The second kappa shape index (κ2) is 6.97. The molecule has 0 bridgehead atoms. The van der Waals surface area contributed by atoms with Crippen molar-refractivity contribution in [3.8, 4) is 11.3 Å². The third-order valence-corrected chi connectivity index (χ3v) is 4.85. The third kappa shape index (κ3) is 3.18. The lowest BCUT2D eigenvalue weighted by molar-refractivity contribution is 0.101. The molecule has 8 heteroatoms. The molecule has 0 saturated carbocycles. The van der Waals surface area contributed by atoms with Gasteiger partial charge in [-0.1, -0.05) is 30.3 Å². The van der Waals surface area contributed by atoms with E-state index in [4.69, 9.17) is 0 Å². The highest BCUT2D eigenvalue weighted by Gasteiger charge is 2.21. The Morgan fingerprint density at radius 3 is 2.45 bits per heavy atom. The molecule has 0 aliphatic heterocycles. The maximum atomic E-state index is 13.0. The van der Waals surface area contributed by atoms with Crippen LogP contribution in [0.5, 0.6) is 0 Å². The van der Waals surface area contributed by atoms with Gasteiger partial charge in [0, 0.05) is 23.9 Å². The predicted octanol–water partition coefficient (Wildman–Crippen LogP) is 3.43. The number of aromatic amines is 1. The first-order valence-electron chi connectivity index (χ1n) is 9.14. The number of amides is 1. The minimum Gasteiger partial charge on any atom is -0.306 e. The van der Waals surface area contributed by atoms with E-state index >= 15 is 0 Å². The maximum absolute atomic E-state index is 13.0. The zero-order valence-electron chi connectivity index (χ0n) is 16.6. The molecule has 0 fully saturated rings. The van der Waals surface area contributed by atoms with Crippen LogP contribution in [0.3, 0.4) is 0 Å². The van der Waals surface area contributed by atoms with Crippen molar-refractivity contribution in [3.63, 3.8) is 0 Å². The van der Waals surface area contributed by atoms with Gasteiger partial charge in [-0.3, -0.25) is 19.7 Å². The molecule has 4 rings (SSSR count). The fourth-order valence-electron chi connectivity index (χ4n) is 3.42. The van der Waals surface area contributed by atoms with Crippen molar-refractivity contribution in [3.05, 3.63) is 58.9 Å². The van der Waals surface area contributed by atoms with Gasteiger partial charge in [-0.05, 0) is 26.8 Å². The van der Waals surface area contributed by atoms with Gasteiger partial charge in [0.25, 0.3) is 5.91 Å². The van der Waals surface area contributed by atoms with Gasteiger partial charge >= 0.3 is 0 Å². The first-order chi connectivity index (χ1) is 13.9. The number of carbonyl (C=O) groups is 2. The summed E-state index contributed by atoms with van der Waals surface area (Å²) in [4.78, 5) is 29.2. The number of pyridine rings is 1. The van der Waals surface area contributed by atoms with E-state index < -0.39 is 0 Å². The average Bonchev–Trinajstić information content (AvgIpc) is 3.24. The Balaban J connectivity index is 1.77. The number of H-pyrrole nitrogens is 1. The van der Waals surface area contributed by atoms with Crippen LogP contribution in [0.15, 0.2) is 36.4 Å². The number of fused-ring (bicyclic) bond motifs is 1. The number of aryl methyl sites for hydroxylation is 3. The van der Waals surface area contributed by atoms with Crippen molar-refractivity contribution >= 4 is 28.5 Å². The van der Waals surface area contributed by atoms with E-state index in [1.807, 2.05) is 30.3 Å². The first kappa shape index (κ1) is 18.5. The number of carbonyl (C=O) groups excluding carboxylic acids is 2. The molecule has 3 heterocycles. The van der Waals surface area contributed by atoms with Crippen LogP contribution >= 0.6 is 0 Å². The van der Waals surface area contributed by atoms with E-state index in [0.717, 1.165) is 16.6 Å². The largest absolute Gasteiger partial charge is 0.306 e. The fraction of sp³-hybridized carbons (Fsp3) is 0.190. The lowest BCUT2D eigenvalue weighted by atomic mass is 10.0. The van der Waals surface area contributed by atoms with Gasteiger partial charge in [-0.2, -0.15) is 10.2 Å². The van der Waals surface area contributed by atoms with E-state index in [2.05, 4.69) is 25.6 Å². The first-order valence-corrected chi connectivity index (χ1v) is 9.14. The molecule has 146 valence electrons. The van der Waals surface area contributed by atoms with Crippen molar-refractivity contribution in [2.24, 2.45) is 7.05 Å². The van der Waals surface area contributed by atoms with Crippen LogP contribution in [0.25, 0.3) is 22.3 Å². The standard InChI is InChI=1S/C21H20N6O2/c1-11-15(13(3)28)10-16(12(2)22-11)21(29)23-19-17-18(14-8-6-5-7-9-14)26-27(4)20(17)25-24-19/h5-10H,1-4H3,(H2,23,24,25,29). The Morgan fingerprint density at radius 1 is 1.07 bits per heavy atom. The Labute approximate surface area is 167 Å². The number of hydrogen-bond acceptors (Lipinski definition) is 5. The Morgan fingerprint density at radius 2 is 1.76 bits per heavy atom. The average molecular weight is 388 g/mol. The van der Waals surface area contributed by atoms with Crippen LogP contribution in [0, 0.1) is 13.8 Å². The number of Topliss-reactive ketones (excluding diaryl/α,β-unsaturated/α-hetero) is 1. The van der Waals surface area contributed by atoms with Crippen LogP contribution in [0.2, 0.25) is 0 Å². The van der Waals surface area contributed by atoms with E-state index in [1.165, 1.54) is 6.92 Å². The van der Waals surface area contributed by atoms with Crippen LogP contribution < -0.4 is 5.32 Å². The van der Waals surface area contributed by atoms with Gasteiger partial charge in [-0.25, -0.2) is 4.68 Å².